The van der Waals surface area contributed by atoms with E-state index < -0.39 is 0 Å². The number of aromatic amines is 1. The maximum absolute atomic E-state index is 5.64. The van der Waals surface area contributed by atoms with Gasteiger partial charge in [0, 0.05) is 0 Å². The van der Waals surface area contributed by atoms with Gasteiger partial charge in [0.1, 0.15) is 11.3 Å². The molecule has 1 aromatic heterocycles. The zero-order chi connectivity index (χ0) is 9.80. The third-order valence-corrected chi connectivity index (χ3v) is 2.17. The molecule has 0 amide bonds. The summed E-state index contributed by atoms with van der Waals surface area (Å²) in [5.74, 6) is 0.872. The summed E-state index contributed by atoms with van der Waals surface area (Å²) in [6, 6.07) is 5.93. The summed E-state index contributed by atoms with van der Waals surface area (Å²) < 4.78 is 5.64. The lowest BCUT2D eigenvalue weighted by molar-refractivity contribution is 0.312. The van der Waals surface area contributed by atoms with Crippen LogP contribution in [0.25, 0.3) is 11.0 Å². The standard InChI is InChI=1S/C11H14N2O/c1-2-3-7-14-10-6-4-5-9-11(10)13-8-12-9/h4-6,8H,2-3,7H2,1H3,(H,12,13). The van der Waals surface area contributed by atoms with Crippen molar-refractivity contribution in [2.24, 2.45) is 0 Å². The quantitative estimate of drug-likeness (QED) is 0.753. The topological polar surface area (TPSA) is 37.9 Å². The number of H-pyrrole nitrogens is 1. The lowest BCUT2D eigenvalue weighted by Crippen LogP contribution is -1.96. The van der Waals surface area contributed by atoms with Crippen LogP contribution in [0.3, 0.4) is 0 Å². The second-order valence-electron chi connectivity index (χ2n) is 3.26. The highest BCUT2D eigenvalue weighted by Crippen LogP contribution is 2.21. The van der Waals surface area contributed by atoms with Gasteiger partial charge in [0.05, 0.1) is 18.5 Å². The Labute approximate surface area is 83.1 Å². The van der Waals surface area contributed by atoms with Crippen molar-refractivity contribution in [3.8, 4) is 5.75 Å². The summed E-state index contributed by atoms with van der Waals surface area (Å²) in [5.41, 5.74) is 1.95. The Morgan fingerprint density at radius 2 is 2.36 bits per heavy atom. The number of rotatable bonds is 4. The molecular formula is C11H14N2O. The molecule has 1 N–H and O–H groups in total. The van der Waals surface area contributed by atoms with Crippen LogP contribution in [-0.2, 0) is 0 Å². The molecule has 0 aliphatic heterocycles. The minimum atomic E-state index is 0.766. The van der Waals surface area contributed by atoms with Crippen molar-refractivity contribution in [3.63, 3.8) is 0 Å². The maximum Gasteiger partial charge on any atom is 0.147 e. The van der Waals surface area contributed by atoms with Gasteiger partial charge in [-0.15, -0.1) is 0 Å². The van der Waals surface area contributed by atoms with E-state index in [9.17, 15) is 0 Å². The molecule has 0 saturated heterocycles. The van der Waals surface area contributed by atoms with Crippen molar-refractivity contribution >= 4 is 11.0 Å². The average Bonchev–Trinajstić information content (AvgIpc) is 2.67. The lowest BCUT2D eigenvalue weighted by atomic mass is 10.3. The van der Waals surface area contributed by atoms with Crippen molar-refractivity contribution in [2.45, 2.75) is 19.8 Å². The van der Waals surface area contributed by atoms with Gasteiger partial charge in [0.2, 0.25) is 0 Å². The van der Waals surface area contributed by atoms with Crippen LogP contribution in [0, 0.1) is 0 Å². The van der Waals surface area contributed by atoms with E-state index >= 15 is 0 Å². The van der Waals surface area contributed by atoms with Crippen LogP contribution in [0.4, 0.5) is 0 Å². The Morgan fingerprint density at radius 1 is 1.43 bits per heavy atom. The van der Waals surface area contributed by atoms with Crippen molar-refractivity contribution < 1.29 is 4.74 Å². The first kappa shape index (κ1) is 9.06. The maximum atomic E-state index is 5.64. The normalized spacial score (nSPS) is 10.6. The van der Waals surface area contributed by atoms with E-state index in [0.717, 1.165) is 36.2 Å². The van der Waals surface area contributed by atoms with E-state index in [1.807, 2.05) is 18.2 Å². The summed E-state index contributed by atoms with van der Waals surface area (Å²) in [7, 11) is 0. The van der Waals surface area contributed by atoms with E-state index in [-0.39, 0.29) is 0 Å². The molecule has 2 aromatic rings. The number of imidazole rings is 1. The van der Waals surface area contributed by atoms with Crippen LogP contribution in [0.5, 0.6) is 5.75 Å². The van der Waals surface area contributed by atoms with Crippen molar-refractivity contribution in [3.05, 3.63) is 24.5 Å². The summed E-state index contributed by atoms with van der Waals surface area (Å²) in [4.78, 5) is 7.28. The van der Waals surface area contributed by atoms with Crippen molar-refractivity contribution in [2.75, 3.05) is 6.61 Å². The average molecular weight is 190 g/mol. The fourth-order valence-corrected chi connectivity index (χ4v) is 1.38. The number of fused-ring (bicyclic) bond motifs is 1. The number of nitrogens with zero attached hydrogens (tertiary/aromatic N) is 1. The fourth-order valence-electron chi connectivity index (χ4n) is 1.38. The number of unbranched alkanes of at least 4 members (excludes halogenated alkanes) is 1. The second kappa shape index (κ2) is 4.13. The summed E-state index contributed by atoms with van der Waals surface area (Å²) >= 11 is 0. The molecule has 3 nitrogen and oxygen atoms in total. The molecule has 0 unspecified atom stereocenters. The molecular weight excluding hydrogens is 176 g/mol. The molecule has 74 valence electrons. The van der Waals surface area contributed by atoms with E-state index in [1.54, 1.807) is 6.33 Å². The summed E-state index contributed by atoms with van der Waals surface area (Å²) in [5, 5.41) is 0. The third kappa shape index (κ3) is 1.71. The molecule has 0 fully saturated rings. The van der Waals surface area contributed by atoms with Gasteiger partial charge in [-0.1, -0.05) is 19.4 Å². The number of ether oxygens (including phenoxy) is 1. The lowest BCUT2D eigenvalue weighted by Gasteiger charge is -2.04. The Bertz CT molecular complexity index is 408. The molecule has 14 heavy (non-hydrogen) atoms. The minimum absolute atomic E-state index is 0.766. The van der Waals surface area contributed by atoms with Crippen LogP contribution in [0.2, 0.25) is 0 Å². The largest absolute Gasteiger partial charge is 0.491 e. The molecule has 3 heteroatoms. The highest BCUT2D eigenvalue weighted by molar-refractivity contribution is 5.80. The molecule has 2 rings (SSSR count). The SMILES string of the molecule is CCCCOc1cccc2[nH]cnc12. The number of para-hydroxylation sites is 1. The second-order valence-corrected chi connectivity index (χ2v) is 3.26. The van der Waals surface area contributed by atoms with E-state index in [2.05, 4.69) is 16.9 Å². The first-order valence-corrected chi connectivity index (χ1v) is 4.96. The van der Waals surface area contributed by atoms with Crippen molar-refractivity contribution in [1.29, 1.82) is 0 Å². The molecule has 0 spiro atoms. The predicted octanol–water partition coefficient (Wildman–Crippen LogP) is 2.74. The number of hydrogen-bond donors (Lipinski definition) is 1. The zero-order valence-corrected chi connectivity index (χ0v) is 8.29. The van der Waals surface area contributed by atoms with Gasteiger partial charge >= 0.3 is 0 Å². The molecule has 1 heterocycles. The third-order valence-electron chi connectivity index (χ3n) is 2.17. The van der Waals surface area contributed by atoms with E-state index in [1.165, 1.54) is 0 Å². The predicted molar refractivity (Wildman–Crippen MR) is 56.5 cm³/mol. The molecule has 0 bridgehead atoms. The molecule has 0 radical (unpaired) electrons. The molecule has 0 atom stereocenters. The van der Waals surface area contributed by atoms with Gasteiger partial charge in [-0.25, -0.2) is 4.98 Å². The van der Waals surface area contributed by atoms with Crippen LogP contribution >= 0.6 is 0 Å². The number of benzene rings is 1. The Morgan fingerprint density at radius 3 is 3.21 bits per heavy atom. The molecule has 0 aliphatic rings. The first-order chi connectivity index (χ1) is 6.92. The van der Waals surface area contributed by atoms with Crippen LogP contribution < -0.4 is 4.74 Å². The van der Waals surface area contributed by atoms with Crippen LogP contribution in [0.15, 0.2) is 24.5 Å². The Hall–Kier alpha value is -1.51. The zero-order valence-electron chi connectivity index (χ0n) is 8.29. The first-order valence-electron chi connectivity index (χ1n) is 4.96. The van der Waals surface area contributed by atoms with Crippen LogP contribution in [0.1, 0.15) is 19.8 Å². The highest BCUT2D eigenvalue weighted by atomic mass is 16.5. The van der Waals surface area contributed by atoms with Crippen LogP contribution in [-0.4, -0.2) is 16.6 Å². The van der Waals surface area contributed by atoms with E-state index in [4.69, 9.17) is 4.74 Å². The van der Waals surface area contributed by atoms with Gasteiger partial charge in [0.25, 0.3) is 0 Å². The molecule has 0 aliphatic carbocycles. The van der Waals surface area contributed by atoms with E-state index in [0.29, 0.717) is 0 Å². The highest BCUT2D eigenvalue weighted by Gasteiger charge is 2.02. The fraction of sp³-hybridized carbons (Fsp3) is 0.364. The molecule has 1 aromatic carbocycles. The number of aromatic nitrogens is 2. The smallest absolute Gasteiger partial charge is 0.147 e. The molecule has 0 saturated carbocycles. The minimum Gasteiger partial charge on any atom is -0.491 e. The monoisotopic (exact) mass is 190 g/mol. The van der Waals surface area contributed by atoms with Gasteiger partial charge in [-0.3, -0.25) is 0 Å². The van der Waals surface area contributed by atoms with Crippen molar-refractivity contribution in [1.82, 2.24) is 9.97 Å². The van der Waals surface area contributed by atoms with Gasteiger partial charge < -0.3 is 9.72 Å². The summed E-state index contributed by atoms with van der Waals surface area (Å²) in [6.07, 6.45) is 3.93. The Balaban J connectivity index is 2.19. The summed E-state index contributed by atoms with van der Waals surface area (Å²) in [6.45, 7) is 2.92. The van der Waals surface area contributed by atoms with Gasteiger partial charge in [0.15, 0.2) is 0 Å². The number of hydrogen-bond acceptors (Lipinski definition) is 2. The van der Waals surface area contributed by atoms with Gasteiger partial charge in [-0.05, 0) is 18.6 Å². The number of nitrogens with one attached hydrogen (secondary N) is 1. The van der Waals surface area contributed by atoms with Gasteiger partial charge in [-0.2, -0.15) is 0 Å². The Kier molecular flexibility index (Phi) is 2.68.